The molecule has 2 aliphatic heterocycles. The molecule has 4 fully saturated rings. The van der Waals surface area contributed by atoms with Crippen LogP contribution >= 0.6 is 0 Å². The third-order valence-electron chi connectivity index (χ3n) is 8.37. The largest absolute Gasteiger partial charge is 0.352 e. The summed E-state index contributed by atoms with van der Waals surface area (Å²) in [5.41, 5.74) is 0. The second-order valence-corrected chi connectivity index (χ2v) is 10.6. The summed E-state index contributed by atoms with van der Waals surface area (Å²) >= 11 is 0. The fraction of sp³-hybridized carbons (Fsp3) is 0.957. The standard InChI is InChI=1S/C23H40F2N4O/c1-14-4-5-20(25)19-13-21(27-22(14)19)23(30)26-16-10-15(24)11-18(12-16)29-8-6-17(7-9-29)28(2)3/h14-22,27H,4-13H2,1-3H3,(H,26,30). The lowest BCUT2D eigenvalue weighted by Crippen LogP contribution is -2.54. The molecule has 4 rings (SSSR count). The van der Waals surface area contributed by atoms with Gasteiger partial charge < -0.3 is 20.4 Å². The number of hydrogen-bond acceptors (Lipinski definition) is 4. The van der Waals surface area contributed by atoms with Crippen molar-refractivity contribution in [3.05, 3.63) is 0 Å². The zero-order chi connectivity index (χ0) is 21.4. The quantitative estimate of drug-likeness (QED) is 0.725. The molecule has 4 aliphatic rings. The van der Waals surface area contributed by atoms with Crippen LogP contribution in [-0.4, -0.2) is 85.4 Å². The summed E-state index contributed by atoms with van der Waals surface area (Å²) in [7, 11) is 4.26. The fourth-order valence-electron chi connectivity index (χ4n) is 6.51. The molecule has 0 radical (unpaired) electrons. The van der Waals surface area contributed by atoms with Crippen LogP contribution in [0.5, 0.6) is 0 Å². The van der Waals surface area contributed by atoms with E-state index in [0.29, 0.717) is 37.6 Å². The summed E-state index contributed by atoms with van der Waals surface area (Å²) in [4.78, 5) is 17.7. The Bertz CT molecular complexity index is 580. The number of nitrogens with zero attached hydrogens (tertiary/aromatic N) is 2. The van der Waals surface area contributed by atoms with Crippen LogP contribution < -0.4 is 10.6 Å². The van der Waals surface area contributed by atoms with Gasteiger partial charge in [-0.1, -0.05) is 6.92 Å². The van der Waals surface area contributed by atoms with Gasteiger partial charge in [0.15, 0.2) is 0 Å². The molecule has 0 aromatic rings. The molecule has 172 valence electrons. The van der Waals surface area contributed by atoms with Gasteiger partial charge in [-0.2, -0.15) is 0 Å². The molecule has 2 saturated heterocycles. The van der Waals surface area contributed by atoms with Crippen molar-refractivity contribution in [3.8, 4) is 0 Å². The SMILES string of the molecule is CC1CCC(F)C2CC(C(=O)NC3CC(F)CC(N4CCC(N(C)C)CC4)C3)NC12. The van der Waals surface area contributed by atoms with E-state index >= 15 is 0 Å². The van der Waals surface area contributed by atoms with Crippen molar-refractivity contribution in [2.24, 2.45) is 11.8 Å². The van der Waals surface area contributed by atoms with Crippen LogP contribution in [0.15, 0.2) is 0 Å². The van der Waals surface area contributed by atoms with Gasteiger partial charge in [0.05, 0.1) is 6.04 Å². The maximum atomic E-state index is 14.6. The second kappa shape index (κ2) is 9.37. The minimum Gasteiger partial charge on any atom is -0.352 e. The van der Waals surface area contributed by atoms with Gasteiger partial charge in [0.25, 0.3) is 0 Å². The van der Waals surface area contributed by atoms with Crippen LogP contribution in [0.3, 0.4) is 0 Å². The van der Waals surface area contributed by atoms with Crippen molar-refractivity contribution in [1.82, 2.24) is 20.4 Å². The summed E-state index contributed by atoms with van der Waals surface area (Å²) in [6, 6.07) is 0.446. The number of likely N-dealkylation sites (tertiary alicyclic amines) is 1. The summed E-state index contributed by atoms with van der Waals surface area (Å²) in [5.74, 6) is 0.280. The molecule has 5 nitrogen and oxygen atoms in total. The molecule has 2 aliphatic carbocycles. The first-order valence-corrected chi connectivity index (χ1v) is 12.1. The average Bonchev–Trinajstić information content (AvgIpc) is 3.17. The molecule has 7 heteroatoms. The van der Waals surface area contributed by atoms with E-state index in [2.05, 4.69) is 41.5 Å². The molecule has 8 unspecified atom stereocenters. The summed E-state index contributed by atoms with van der Waals surface area (Å²) in [6.45, 7) is 4.16. The Morgan fingerprint density at radius 1 is 1.03 bits per heavy atom. The molecule has 8 atom stereocenters. The maximum absolute atomic E-state index is 14.6. The first kappa shape index (κ1) is 22.4. The Hall–Kier alpha value is -0.790. The summed E-state index contributed by atoms with van der Waals surface area (Å²) < 4.78 is 28.9. The summed E-state index contributed by atoms with van der Waals surface area (Å²) in [6.07, 6.45) is 4.41. The highest BCUT2D eigenvalue weighted by Crippen LogP contribution is 2.38. The Morgan fingerprint density at radius 3 is 2.43 bits per heavy atom. The molecule has 1 amide bonds. The number of alkyl halides is 2. The van der Waals surface area contributed by atoms with Gasteiger partial charge in [0, 0.05) is 30.1 Å². The van der Waals surface area contributed by atoms with Gasteiger partial charge in [-0.3, -0.25) is 4.79 Å². The highest BCUT2D eigenvalue weighted by Gasteiger charge is 2.46. The Balaban J connectivity index is 1.30. The number of carbonyl (C=O) groups excluding carboxylic acids is 1. The van der Waals surface area contributed by atoms with E-state index in [1.54, 1.807) is 0 Å². The molecule has 0 aromatic heterocycles. The second-order valence-electron chi connectivity index (χ2n) is 10.6. The molecule has 2 saturated carbocycles. The Morgan fingerprint density at radius 2 is 1.77 bits per heavy atom. The highest BCUT2D eigenvalue weighted by molar-refractivity contribution is 5.82. The monoisotopic (exact) mass is 426 g/mol. The number of piperidine rings is 1. The van der Waals surface area contributed by atoms with Gasteiger partial charge in [-0.05, 0) is 84.5 Å². The lowest BCUT2D eigenvalue weighted by molar-refractivity contribution is -0.124. The van der Waals surface area contributed by atoms with Crippen LogP contribution in [0.2, 0.25) is 0 Å². The lowest BCUT2D eigenvalue weighted by Gasteiger charge is -2.43. The minimum absolute atomic E-state index is 0.0597. The van der Waals surface area contributed by atoms with Crippen LogP contribution in [0.1, 0.15) is 58.3 Å². The predicted octanol–water partition coefficient (Wildman–Crippen LogP) is 2.50. The molecule has 0 spiro atoms. The van der Waals surface area contributed by atoms with E-state index in [4.69, 9.17) is 0 Å². The van der Waals surface area contributed by atoms with Crippen molar-refractivity contribution in [2.45, 2.75) is 101 Å². The molecular weight excluding hydrogens is 386 g/mol. The van der Waals surface area contributed by atoms with E-state index in [-0.39, 0.29) is 36.0 Å². The number of amides is 1. The number of nitrogens with one attached hydrogen (secondary N) is 2. The molecule has 0 bridgehead atoms. The van der Waals surface area contributed by atoms with Crippen molar-refractivity contribution >= 4 is 5.91 Å². The Kier molecular flexibility index (Phi) is 7.00. The van der Waals surface area contributed by atoms with Crippen molar-refractivity contribution < 1.29 is 13.6 Å². The fourth-order valence-corrected chi connectivity index (χ4v) is 6.51. The van der Waals surface area contributed by atoms with Crippen LogP contribution in [-0.2, 0) is 4.79 Å². The van der Waals surface area contributed by atoms with Gasteiger partial charge in [-0.15, -0.1) is 0 Å². The molecule has 0 aromatic carbocycles. The number of fused-ring (bicyclic) bond motifs is 1. The van der Waals surface area contributed by atoms with E-state index in [1.165, 1.54) is 0 Å². The zero-order valence-electron chi connectivity index (χ0n) is 18.8. The van der Waals surface area contributed by atoms with Crippen molar-refractivity contribution in [1.29, 1.82) is 0 Å². The minimum atomic E-state index is -0.866. The van der Waals surface area contributed by atoms with E-state index in [1.807, 2.05) is 0 Å². The molecule has 2 heterocycles. The lowest BCUT2D eigenvalue weighted by atomic mass is 9.77. The van der Waals surface area contributed by atoms with Crippen molar-refractivity contribution in [2.75, 3.05) is 27.2 Å². The highest BCUT2D eigenvalue weighted by atomic mass is 19.1. The van der Waals surface area contributed by atoms with Crippen LogP contribution in [0.25, 0.3) is 0 Å². The third-order valence-corrected chi connectivity index (χ3v) is 8.37. The average molecular weight is 427 g/mol. The predicted molar refractivity (Wildman–Crippen MR) is 115 cm³/mol. The molecule has 30 heavy (non-hydrogen) atoms. The summed E-state index contributed by atoms with van der Waals surface area (Å²) in [5, 5.41) is 6.53. The molecule has 2 N–H and O–H groups in total. The van der Waals surface area contributed by atoms with Crippen molar-refractivity contribution in [3.63, 3.8) is 0 Å². The number of rotatable bonds is 4. The van der Waals surface area contributed by atoms with Gasteiger partial charge >= 0.3 is 0 Å². The number of hydrogen-bond donors (Lipinski definition) is 2. The Labute approximate surface area is 180 Å². The normalized spacial score (nSPS) is 43.5. The first-order valence-electron chi connectivity index (χ1n) is 12.1. The van der Waals surface area contributed by atoms with E-state index < -0.39 is 12.3 Å². The zero-order valence-corrected chi connectivity index (χ0v) is 18.8. The topological polar surface area (TPSA) is 47.6 Å². The van der Waals surface area contributed by atoms with Crippen LogP contribution in [0.4, 0.5) is 8.78 Å². The number of carbonyl (C=O) groups is 1. The van der Waals surface area contributed by atoms with Gasteiger partial charge in [-0.25, -0.2) is 8.78 Å². The van der Waals surface area contributed by atoms with Crippen LogP contribution in [0, 0.1) is 11.8 Å². The van der Waals surface area contributed by atoms with Gasteiger partial charge in [0.1, 0.15) is 12.3 Å². The smallest absolute Gasteiger partial charge is 0.237 e. The third kappa shape index (κ3) is 4.83. The van der Waals surface area contributed by atoms with E-state index in [0.717, 1.165) is 38.8 Å². The maximum Gasteiger partial charge on any atom is 0.237 e. The first-order chi connectivity index (χ1) is 14.3. The van der Waals surface area contributed by atoms with E-state index in [9.17, 15) is 13.6 Å². The van der Waals surface area contributed by atoms with Gasteiger partial charge in [0.2, 0.25) is 5.91 Å². The molecular formula is C23H40F2N4O. The number of halogens is 2.